The standard InChI is InChI=1S/C7H8O.H2O4S/c1-6-4-2-3-5-7(6)8;1-5(2,3)4/h2-5,8H,1H3;(H2,1,2,3,4). The van der Waals surface area contributed by atoms with Crippen molar-refractivity contribution < 1.29 is 22.6 Å². The number of phenolic OH excluding ortho intramolecular Hbond substituents is 1. The fourth-order valence-corrected chi connectivity index (χ4v) is 0.563. The van der Waals surface area contributed by atoms with Crippen LogP contribution in [0.5, 0.6) is 5.75 Å². The molecule has 13 heavy (non-hydrogen) atoms. The van der Waals surface area contributed by atoms with E-state index in [4.69, 9.17) is 22.6 Å². The van der Waals surface area contributed by atoms with Crippen molar-refractivity contribution in [3.05, 3.63) is 29.8 Å². The van der Waals surface area contributed by atoms with Gasteiger partial charge in [-0.15, -0.1) is 0 Å². The van der Waals surface area contributed by atoms with E-state index in [1.165, 1.54) is 0 Å². The normalized spacial score (nSPS) is 10.1. The van der Waals surface area contributed by atoms with Gasteiger partial charge in [-0.25, -0.2) is 0 Å². The van der Waals surface area contributed by atoms with Crippen molar-refractivity contribution in [2.45, 2.75) is 6.92 Å². The summed E-state index contributed by atoms with van der Waals surface area (Å²) in [5, 5.41) is 8.92. The van der Waals surface area contributed by atoms with Crippen LogP contribution in [0.4, 0.5) is 0 Å². The molecule has 0 spiro atoms. The lowest BCUT2D eigenvalue weighted by Crippen LogP contribution is -1.89. The number of aryl methyl sites for hydroxylation is 1. The van der Waals surface area contributed by atoms with Crippen LogP contribution < -0.4 is 0 Å². The maximum Gasteiger partial charge on any atom is 0.394 e. The van der Waals surface area contributed by atoms with Crippen LogP contribution in [0, 0.1) is 6.92 Å². The minimum atomic E-state index is -4.67. The molecular formula is C7H10O5S. The lowest BCUT2D eigenvalue weighted by atomic mass is 10.2. The summed E-state index contributed by atoms with van der Waals surface area (Å²) >= 11 is 0. The summed E-state index contributed by atoms with van der Waals surface area (Å²) in [5.41, 5.74) is 0.924. The van der Waals surface area contributed by atoms with Gasteiger partial charge in [-0.3, -0.25) is 9.11 Å². The Balaban J connectivity index is 0.000000252. The number of para-hydroxylation sites is 1. The smallest absolute Gasteiger partial charge is 0.394 e. The summed E-state index contributed by atoms with van der Waals surface area (Å²) < 4.78 is 31.6. The van der Waals surface area contributed by atoms with E-state index in [0.29, 0.717) is 5.75 Å². The number of rotatable bonds is 0. The van der Waals surface area contributed by atoms with E-state index < -0.39 is 10.4 Å². The molecule has 1 aromatic carbocycles. The average molecular weight is 206 g/mol. The van der Waals surface area contributed by atoms with E-state index in [1.807, 2.05) is 25.1 Å². The minimum absolute atomic E-state index is 0.368. The topological polar surface area (TPSA) is 94.8 Å². The molecule has 3 N–H and O–H groups in total. The Hall–Kier alpha value is -1.11. The molecule has 0 aliphatic heterocycles. The Bertz CT molecular complexity index is 328. The predicted octanol–water partition coefficient (Wildman–Crippen LogP) is 1.05. The summed E-state index contributed by atoms with van der Waals surface area (Å²) in [5.74, 6) is 0.368. The van der Waals surface area contributed by atoms with Crippen LogP contribution >= 0.6 is 0 Å². The van der Waals surface area contributed by atoms with Crippen molar-refractivity contribution in [3.8, 4) is 5.75 Å². The second-order valence-electron chi connectivity index (χ2n) is 2.23. The summed E-state index contributed by atoms with van der Waals surface area (Å²) in [6.07, 6.45) is 0. The van der Waals surface area contributed by atoms with Crippen molar-refractivity contribution in [1.29, 1.82) is 0 Å². The quantitative estimate of drug-likeness (QED) is 0.551. The van der Waals surface area contributed by atoms with Gasteiger partial charge in [0.25, 0.3) is 0 Å². The van der Waals surface area contributed by atoms with Gasteiger partial charge < -0.3 is 5.11 Å². The van der Waals surface area contributed by atoms with E-state index in [1.54, 1.807) is 6.07 Å². The second kappa shape index (κ2) is 4.80. The molecule has 0 unspecified atom stereocenters. The second-order valence-corrected chi connectivity index (χ2v) is 3.13. The van der Waals surface area contributed by atoms with Crippen LogP contribution in [-0.2, 0) is 10.4 Å². The molecule has 1 aromatic rings. The van der Waals surface area contributed by atoms with Gasteiger partial charge in [0.2, 0.25) is 0 Å². The fourth-order valence-electron chi connectivity index (χ4n) is 0.563. The van der Waals surface area contributed by atoms with Crippen molar-refractivity contribution in [1.82, 2.24) is 0 Å². The molecular weight excluding hydrogens is 196 g/mol. The molecule has 0 radical (unpaired) electrons. The highest BCUT2D eigenvalue weighted by molar-refractivity contribution is 7.79. The van der Waals surface area contributed by atoms with Gasteiger partial charge in [-0.05, 0) is 18.6 Å². The zero-order valence-corrected chi connectivity index (χ0v) is 7.69. The molecule has 0 atom stereocenters. The molecule has 6 heteroatoms. The Labute approximate surface area is 76.2 Å². The molecule has 5 nitrogen and oxygen atoms in total. The Kier molecular flexibility index (Phi) is 4.39. The van der Waals surface area contributed by atoms with Gasteiger partial charge in [0.05, 0.1) is 0 Å². The lowest BCUT2D eigenvalue weighted by Gasteiger charge is -1.92. The summed E-state index contributed by atoms with van der Waals surface area (Å²) in [4.78, 5) is 0. The third kappa shape index (κ3) is 8.80. The zero-order valence-electron chi connectivity index (χ0n) is 6.88. The highest BCUT2D eigenvalue weighted by Crippen LogP contribution is 2.12. The molecule has 0 fully saturated rings. The number of benzene rings is 1. The zero-order chi connectivity index (χ0) is 10.5. The van der Waals surface area contributed by atoms with Gasteiger partial charge >= 0.3 is 10.4 Å². The van der Waals surface area contributed by atoms with Gasteiger partial charge in [0, 0.05) is 0 Å². The van der Waals surface area contributed by atoms with Gasteiger partial charge in [-0.1, -0.05) is 18.2 Å². The monoisotopic (exact) mass is 206 g/mol. The van der Waals surface area contributed by atoms with Crippen LogP contribution in [0.3, 0.4) is 0 Å². The number of aromatic hydroxyl groups is 1. The first-order chi connectivity index (χ1) is 5.80. The Morgan fingerprint density at radius 1 is 1.15 bits per heavy atom. The molecule has 0 saturated carbocycles. The predicted molar refractivity (Wildman–Crippen MR) is 47.0 cm³/mol. The minimum Gasteiger partial charge on any atom is -0.508 e. The molecule has 0 saturated heterocycles. The highest BCUT2D eigenvalue weighted by Gasteiger charge is 1.87. The number of hydrogen-bond acceptors (Lipinski definition) is 3. The molecule has 0 bridgehead atoms. The summed E-state index contributed by atoms with van der Waals surface area (Å²) in [6, 6.07) is 7.25. The van der Waals surface area contributed by atoms with Gasteiger partial charge in [0.15, 0.2) is 0 Å². The summed E-state index contributed by atoms with van der Waals surface area (Å²) in [6.45, 7) is 1.87. The van der Waals surface area contributed by atoms with E-state index in [2.05, 4.69) is 0 Å². The number of hydrogen-bond donors (Lipinski definition) is 3. The molecule has 0 aromatic heterocycles. The third-order valence-electron chi connectivity index (χ3n) is 1.12. The molecule has 1 rings (SSSR count). The van der Waals surface area contributed by atoms with Gasteiger partial charge in [0.1, 0.15) is 5.75 Å². The van der Waals surface area contributed by atoms with Crippen LogP contribution in [0.15, 0.2) is 24.3 Å². The Morgan fingerprint density at radius 2 is 1.54 bits per heavy atom. The fraction of sp³-hybridized carbons (Fsp3) is 0.143. The maximum atomic E-state index is 8.92. The lowest BCUT2D eigenvalue weighted by molar-refractivity contribution is 0.381. The van der Waals surface area contributed by atoms with Crippen LogP contribution in [0.2, 0.25) is 0 Å². The van der Waals surface area contributed by atoms with Crippen LogP contribution in [-0.4, -0.2) is 22.6 Å². The first kappa shape index (κ1) is 11.9. The van der Waals surface area contributed by atoms with Crippen molar-refractivity contribution in [3.63, 3.8) is 0 Å². The van der Waals surface area contributed by atoms with Crippen LogP contribution in [0.1, 0.15) is 5.56 Å². The molecule has 0 heterocycles. The van der Waals surface area contributed by atoms with E-state index in [9.17, 15) is 0 Å². The maximum absolute atomic E-state index is 8.92. The first-order valence-electron chi connectivity index (χ1n) is 3.25. The van der Waals surface area contributed by atoms with E-state index in [0.717, 1.165) is 5.56 Å². The SMILES string of the molecule is Cc1ccccc1O.O=S(=O)(O)O. The molecule has 74 valence electrons. The average Bonchev–Trinajstić information content (AvgIpc) is 1.92. The first-order valence-corrected chi connectivity index (χ1v) is 4.65. The highest BCUT2D eigenvalue weighted by atomic mass is 32.3. The van der Waals surface area contributed by atoms with E-state index >= 15 is 0 Å². The van der Waals surface area contributed by atoms with Crippen LogP contribution in [0.25, 0.3) is 0 Å². The number of phenols is 1. The van der Waals surface area contributed by atoms with Gasteiger partial charge in [-0.2, -0.15) is 8.42 Å². The molecule has 0 aliphatic carbocycles. The molecule has 0 amide bonds. The Morgan fingerprint density at radius 3 is 1.77 bits per heavy atom. The summed E-state index contributed by atoms with van der Waals surface area (Å²) in [7, 11) is -4.67. The van der Waals surface area contributed by atoms with Crippen molar-refractivity contribution in [2.24, 2.45) is 0 Å². The molecule has 0 aliphatic rings. The third-order valence-corrected chi connectivity index (χ3v) is 1.12. The van der Waals surface area contributed by atoms with Crippen molar-refractivity contribution >= 4 is 10.4 Å². The van der Waals surface area contributed by atoms with E-state index in [-0.39, 0.29) is 0 Å². The largest absolute Gasteiger partial charge is 0.508 e. The van der Waals surface area contributed by atoms with Crippen molar-refractivity contribution in [2.75, 3.05) is 0 Å².